The van der Waals surface area contributed by atoms with Gasteiger partial charge in [0.1, 0.15) is 12.4 Å². The van der Waals surface area contributed by atoms with Crippen LogP contribution in [-0.4, -0.2) is 59.6 Å². The Bertz CT molecular complexity index is 751. The number of fused-ring (bicyclic) bond motifs is 1. The van der Waals surface area contributed by atoms with Crippen molar-refractivity contribution < 1.29 is 14.3 Å². The number of aromatic nitrogens is 1. The third-order valence-corrected chi connectivity index (χ3v) is 5.08. The summed E-state index contributed by atoms with van der Waals surface area (Å²) in [6.45, 7) is 3.18. The quantitative estimate of drug-likeness (QED) is 0.819. The number of carbonyl (C=O) groups is 1. The fraction of sp³-hybridized carbons (Fsp3) is 0.400. The van der Waals surface area contributed by atoms with Gasteiger partial charge in [0.15, 0.2) is 0 Å². The molecule has 3 heterocycles. The van der Waals surface area contributed by atoms with Gasteiger partial charge >= 0.3 is 0 Å². The van der Waals surface area contributed by atoms with E-state index in [2.05, 4.69) is 9.88 Å². The van der Waals surface area contributed by atoms with Gasteiger partial charge in [-0.3, -0.25) is 14.7 Å². The molecule has 0 bridgehead atoms. The SMILES string of the molecule is COc1ccc(CN2C(=O)COC3CN(Cc4ccccn4)CC32)cc1. The number of nitrogens with zero attached hydrogens (tertiary/aromatic N) is 3. The van der Waals surface area contributed by atoms with Crippen molar-refractivity contribution >= 4 is 5.91 Å². The van der Waals surface area contributed by atoms with Crippen molar-refractivity contribution in [1.82, 2.24) is 14.8 Å². The Hall–Kier alpha value is -2.44. The number of methoxy groups -OCH3 is 1. The first-order valence-electron chi connectivity index (χ1n) is 8.89. The lowest BCUT2D eigenvalue weighted by Crippen LogP contribution is -2.53. The van der Waals surface area contributed by atoms with Crippen LogP contribution in [0.25, 0.3) is 0 Å². The smallest absolute Gasteiger partial charge is 0.249 e. The van der Waals surface area contributed by atoms with Crippen LogP contribution < -0.4 is 4.74 Å². The summed E-state index contributed by atoms with van der Waals surface area (Å²) in [6.07, 6.45) is 1.88. The summed E-state index contributed by atoms with van der Waals surface area (Å²) in [4.78, 5) is 21.2. The molecule has 0 aliphatic carbocycles. The molecule has 0 spiro atoms. The Morgan fingerprint density at radius 3 is 2.73 bits per heavy atom. The number of pyridine rings is 1. The van der Waals surface area contributed by atoms with Gasteiger partial charge in [-0.2, -0.15) is 0 Å². The van der Waals surface area contributed by atoms with Crippen LogP contribution in [0.15, 0.2) is 48.7 Å². The van der Waals surface area contributed by atoms with Crippen molar-refractivity contribution in [3.8, 4) is 5.75 Å². The minimum absolute atomic E-state index is 0.0572. The summed E-state index contributed by atoms with van der Waals surface area (Å²) in [5.41, 5.74) is 2.14. The second kappa shape index (κ2) is 7.43. The zero-order valence-corrected chi connectivity index (χ0v) is 14.9. The average molecular weight is 353 g/mol. The van der Waals surface area contributed by atoms with Crippen molar-refractivity contribution in [3.05, 3.63) is 59.9 Å². The van der Waals surface area contributed by atoms with E-state index in [0.717, 1.165) is 36.6 Å². The van der Waals surface area contributed by atoms with E-state index in [9.17, 15) is 4.79 Å². The van der Waals surface area contributed by atoms with E-state index in [-0.39, 0.29) is 24.7 Å². The number of benzene rings is 1. The van der Waals surface area contributed by atoms with Gasteiger partial charge in [-0.15, -0.1) is 0 Å². The molecule has 2 fully saturated rings. The molecule has 1 amide bonds. The van der Waals surface area contributed by atoms with Crippen molar-refractivity contribution in [2.24, 2.45) is 0 Å². The van der Waals surface area contributed by atoms with Gasteiger partial charge in [0, 0.05) is 32.4 Å². The molecule has 2 aromatic rings. The van der Waals surface area contributed by atoms with Gasteiger partial charge in [0.05, 0.1) is 24.9 Å². The van der Waals surface area contributed by atoms with Gasteiger partial charge in [-0.25, -0.2) is 0 Å². The average Bonchev–Trinajstić information content (AvgIpc) is 3.08. The first-order chi connectivity index (χ1) is 12.7. The third-order valence-electron chi connectivity index (χ3n) is 5.08. The predicted octanol–water partition coefficient (Wildman–Crippen LogP) is 1.70. The molecular weight excluding hydrogens is 330 g/mol. The minimum Gasteiger partial charge on any atom is -0.497 e. The molecule has 0 radical (unpaired) electrons. The summed E-state index contributed by atoms with van der Waals surface area (Å²) < 4.78 is 11.0. The van der Waals surface area contributed by atoms with Gasteiger partial charge in [-0.1, -0.05) is 18.2 Å². The molecule has 2 saturated heterocycles. The molecule has 4 rings (SSSR count). The molecule has 6 heteroatoms. The highest BCUT2D eigenvalue weighted by Gasteiger charge is 2.43. The maximum Gasteiger partial charge on any atom is 0.249 e. The van der Waals surface area contributed by atoms with Crippen molar-refractivity contribution in [2.75, 3.05) is 26.8 Å². The minimum atomic E-state index is 0.0572. The normalized spacial score (nSPS) is 23.1. The monoisotopic (exact) mass is 353 g/mol. The van der Waals surface area contributed by atoms with Crippen molar-refractivity contribution in [1.29, 1.82) is 0 Å². The standard InChI is InChI=1S/C20H23N3O3/c1-25-17-7-5-15(6-8-17)10-23-18-12-22(11-16-4-2-3-9-21-16)13-19(18)26-14-20(23)24/h2-9,18-19H,10-14H2,1H3. The summed E-state index contributed by atoms with van der Waals surface area (Å²) in [5, 5.41) is 0. The molecule has 2 aliphatic heterocycles. The number of hydrogen-bond acceptors (Lipinski definition) is 5. The van der Waals surface area contributed by atoms with Crippen LogP contribution in [0, 0.1) is 0 Å². The third kappa shape index (κ3) is 3.57. The van der Waals surface area contributed by atoms with E-state index < -0.39 is 0 Å². The first-order valence-corrected chi connectivity index (χ1v) is 8.89. The van der Waals surface area contributed by atoms with Gasteiger partial charge in [-0.05, 0) is 29.8 Å². The van der Waals surface area contributed by atoms with E-state index in [4.69, 9.17) is 9.47 Å². The lowest BCUT2D eigenvalue weighted by atomic mass is 10.1. The maximum atomic E-state index is 12.5. The number of likely N-dealkylation sites (tertiary alicyclic amines) is 1. The van der Waals surface area contributed by atoms with E-state index in [1.165, 1.54) is 0 Å². The van der Waals surface area contributed by atoms with Gasteiger partial charge < -0.3 is 14.4 Å². The molecule has 136 valence electrons. The molecule has 1 aromatic carbocycles. The fourth-order valence-corrected chi connectivity index (χ4v) is 3.72. The first kappa shape index (κ1) is 17.0. The van der Waals surface area contributed by atoms with E-state index in [1.54, 1.807) is 7.11 Å². The van der Waals surface area contributed by atoms with E-state index >= 15 is 0 Å². The Labute approximate surface area is 153 Å². The summed E-state index contributed by atoms with van der Waals surface area (Å²) in [7, 11) is 1.65. The number of ether oxygens (including phenoxy) is 2. The summed E-state index contributed by atoms with van der Waals surface area (Å²) >= 11 is 0. The molecule has 2 atom stereocenters. The molecule has 2 unspecified atom stereocenters. The molecule has 1 aromatic heterocycles. The van der Waals surface area contributed by atoms with Crippen LogP contribution in [0.3, 0.4) is 0 Å². The Kier molecular flexibility index (Phi) is 4.86. The van der Waals surface area contributed by atoms with Crippen molar-refractivity contribution in [3.63, 3.8) is 0 Å². The van der Waals surface area contributed by atoms with Crippen molar-refractivity contribution in [2.45, 2.75) is 25.2 Å². The molecule has 26 heavy (non-hydrogen) atoms. The lowest BCUT2D eigenvalue weighted by Gasteiger charge is -2.36. The number of morpholine rings is 1. The van der Waals surface area contributed by atoms with Crippen LogP contribution in [0.2, 0.25) is 0 Å². The molecular formula is C20H23N3O3. The second-order valence-electron chi connectivity index (χ2n) is 6.80. The molecule has 0 N–H and O–H groups in total. The van der Waals surface area contributed by atoms with E-state index in [1.807, 2.05) is 53.6 Å². The Balaban J connectivity index is 1.45. The lowest BCUT2D eigenvalue weighted by molar-refractivity contribution is -0.153. The second-order valence-corrected chi connectivity index (χ2v) is 6.80. The molecule has 0 saturated carbocycles. The number of hydrogen-bond donors (Lipinski definition) is 0. The van der Waals surface area contributed by atoms with Crippen LogP contribution in [0.4, 0.5) is 0 Å². The van der Waals surface area contributed by atoms with Crippen LogP contribution in [0.1, 0.15) is 11.3 Å². The van der Waals surface area contributed by atoms with Gasteiger partial charge in [0.2, 0.25) is 5.91 Å². The molecule has 2 aliphatic rings. The predicted molar refractivity (Wildman–Crippen MR) is 96.6 cm³/mol. The number of carbonyl (C=O) groups excluding carboxylic acids is 1. The highest BCUT2D eigenvalue weighted by atomic mass is 16.5. The zero-order chi connectivity index (χ0) is 17.9. The fourth-order valence-electron chi connectivity index (χ4n) is 3.72. The Morgan fingerprint density at radius 1 is 1.15 bits per heavy atom. The van der Waals surface area contributed by atoms with E-state index in [0.29, 0.717) is 6.54 Å². The number of rotatable bonds is 5. The van der Waals surface area contributed by atoms with Gasteiger partial charge in [0.25, 0.3) is 0 Å². The number of amides is 1. The van der Waals surface area contributed by atoms with Crippen LogP contribution in [-0.2, 0) is 22.6 Å². The highest BCUT2D eigenvalue weighted by Crippen LogP contribution is 2.26. The highest BCUT2D eigenvalue weighted by molar-refractivity contribution is 5.78. The van der Waals surface area contributed by atoms with Crippen LogP contribution >= 0.6 is 0 Å². The maximum absolute atomic E-state index is 12.5. The zero-order valence-electron chi connectivity index (χ0n) is 14.9. The largest absolute Gasteiger partial charge is 0.497 e. The summed E-state index contributed by atoms with van der Waals surface area (Å²) in [5.74, 6) is 0.879. The van der Waals surface area contributed by atoms with Crippen LogP contribution in [0.5, 0.6) is 5.75 Å². The molecule has 6 nitrogen and oxygen atoms in total. The Morgan fingerprint density at radius 2 is 2.00 bits per heavy atom. The summed E-state index contributed by atoms with van der Waals surface area (Å²) in [6, 6.07) is 13.9. The topological polar surface area (TPSA) is 54.9 Å².